The topological polar surface area (TPSA) is 108 Å². The Balaban J connectivity index is 1.65. The minimum Gasteiger partial charge on any atom is -0.458 e. The van der Waals surface area contributed by atoms with Crippen LogP contribution in [0.5, 0.6) is 5.75 Å². The highest BCUT2D eigenvalue weighted by Crippen LogP contribution is 2.39. The molecule has 0 saturated heterocycles. The Bertz CT molecular complexity index is 1440. The number of benzene rings is 1. The van der Waals surface area contributed by atoms with Gasteiger partial charge in [0.05, 0.1) is 31.6 Å². The zero-order chi connectivity index (χ0) is 24.4. The van der Waals surface area contributed by atoms with Gasteiger partial charge in [-0.25, -0.2) is 9.78 Å². The molecule has 176 valence electrons. The van der Waals surface area contributed by atoms with Gasteiger partial charge in [-0.2, -0.15) is 0 Å². The number of aliphatic hydroxyl groups is 1. The van der Waals surface area contributed by atoms with E-state index in [1.807, 2.05) is 18.2 Å². The fourth-order valence-electron chi connectivity index (χ4n) is 4.65. The second-order valence-electron chi connectivity index (χ2n) is 10.1. The van der Waals surface area contributed by atoms with E-state index in [1.165, 1.54) is 0 Å². The number of rotatable bonds is 4. The number of hydrogen-bond acceptors (Lipinski definition) is 7. The van der Waals surface area contributed by atoms with Crippen molar-refractivity contribution >= 4 is 30.9 Å². The molecule has 0 spiro atoms. The number of pyridine rings is 2. The average Bonchev–Trinajstić information content (AvgIpc) is 3.12. The summed E-state index contributed by atoms with van der Waals surface area (Å²) in [6.45, 7) is 8.12. The van der Waals surface area contributed by atoms with Crippen LogP contribution in [0, 0.1) is 0 Å². The summed E-state index contributed by atoms with van der Waals surface area (Å²) in [5, 5.41) is 11.8. The van der Waals surface area contributed by atoms with Crippen LogP contribution < -0.4 is 10.3 Å². The molecule has 34 heavy (non-hydrogen) atoms. The van der Waals surface area contributed by atoms with E-state index < -0.39 is 19.6 Å². The number of aromatic nitrogens is 2. The summed E-state index contributed by atoms with van der Waals surface area (Å²) >= 11 is 0. The van der Waals surface area contributed by atoms with E-state index in [1.54, 1.807) is 23.6 Å². The molecule has 0 bridgehead atoms. The molecule has 0 amide bonds. The first kappa shape index (κ1) is 22.5. The Labute approximate surface area is 197 Å². The third-order valence-electron chi connectivity index (χ3n) is 6.40. The molecule has 5 rings (SSSR count). The van der Waals surface area contributed by atoms with Crippen molar-refractivity contribution in [1.82, 2.24) is 9.55 Å². The third kappa shape index (κ3) is 3.47. The summed E-state index contributed by atoms with van der Waals surface area (Å²) in [5.74, 6) is -0.671. The fourth-order valence-corrected chi connectivity index (χ4v) is 5.59. The van der Waals surface area contributed by atoms with Crippen molar-refractivity contribution < 1.29 is 24.2 Å². The lowest BCUT2D eigenvalue weighted by molar-refractivity contribution is -0.172. The van der Waals surface area contributed by atoms with Crippen molar-refractivity contribution in [3.8, 4) is 17.1 Å². The number of fused-ring (bicyclic) bond motifs is 5. The molecular formula is C25H26N2O6Si. The van der Waals surface area contributed by atoms with Gasteiger partial charge in [0, 0.05) is 22.6 Å². The average molecular weight is 479 g/mol. The lowest BCUT2D eigenvalue weighted by Gasteiger charge is -2.31. The maximum absolute atomic E-state index is 13.3. The van der Waals surface area contributed by atoms with Gasteiger partial charge in [-0.1, -0.05) is 38.7 Å². The van der Waals surface area contributed by atoms with Gasteiger partial charge in [0.2, 0.25) is 0 Å². The van der Waals surface area contributed by atoms with Crippen LogP contribution in [0.3, 0.4) is 0 Å². The van der Waals surface area contributed by atoms with Crippen molar-refractivity contribution in [2.75, 3.05) is 0 Å². The fraction of sp³-hybridized carbons (Fsp3) is 0.360. The number of ether oxygens (including phenoxy) is 2. The minimum atomic E-state index is -1.88. The van der Waals surface area contributed by atoms with Gasteiger partial charge in [-0.15, -0.1) is 0 Å². The van der Waals surface area contributed by atoms with Gasteiger partial charge in [0.25, 0.3) is 5.56 Å². The summed E-state index contributed by atoms with van der Waals surface area (Å²) in [6.07, 6.45) is 0.0803. The zero-order valence-electron chi connectivity index (χ0n) is 19.6. The summed E-state index contributed by atoms with van der Waals surface area (Å²) in [5.41, 5.74) is 0.816. The number of nitrogens with zero attached hydrogens (tertiary/aromatic N) is 2. The van der Waals surface area contributed by atoms with Crippen LogP contribution in [0.25, 0.3) is 22.3 Å². The van der Waals surface area contributed by atoms with Gasteiger partial charge >= 0.3 is 11.9 Å². The predicted molar refractivity (Wildman–Crippen MR) is 128 cm³/mol. The van der Waals surface area contributed by atoms with Crippen LogP contribution in [0.2, 0.25) is 25.7 Å². The Hall–Kier alpha value is -3.30. The summed E-state index contributed by atoms with van der Waals surface area (Å²) in [4.78, 5) is 43.0. The van der Waals surface area contributed by atoms with Crippen molar-refractivity contribution in [3.63, 3.8) is 0 Å². The Morgan fingerprint density at radius 1 is 1.26 bits per heavy atom. The second-order valence-corrected chi connectivity index (χ2v) is 15.6. The molecule has 0 unspecified atom stereocenters. The van der Waals surface area contributed by atoms with Gasteiger partial charge in [0.1, 0.15) is 12.1 Å². The normalized spacial score (nSPS) is 18.8. The van der Waals surface area contributed by atoms with Crippen LogP contribution >= 0.6 is 0 Å². The van der Waals surface area contributed by atoms with Crippen LogP contribution in [-0.4, -0.2) is 34.7 Å². The molecule has 0 saturated carbocycles. The highest BCUT2D eigenvalue weighted by molar-refractivity contribution is 6.78. The lowest BCUT2D eigenvalue weighted by Crippen LogP contribution is -2.44. The van der Waals surface area contributed by atoms with Crippen molar-refractivity contribution in [2.45, 2.75) is 57.8 Å². The number of para-hydroxylation sites is 1. The SMILES string of the molecule is CC[C@@]1(O)C(=O)OCc2c1cc1n(c2=O)Cc2cc3cccc(OC(=O)C[Si](C)(C)C)c3nc2-1. The summed E-state index contributed by atoms with van der Waals surface area (Å²) < 4.78 is 12.4. The molecule has 0 fully saturated rings. The highest BCUT2D eigenvalue weighted by Gasteiger charge is 2.45. The van der Waals surface area contributed by atoms with Crippen molar-refractivity contribution in [2.24, 2.45) is 0 Å². The monoisotopic (exact) mass is 478 g/mol. The first-order chi connectivity index (χ1) is 16.0. The highest BCUT2D eigenvalue weighted by atomic mass is 28.3. The molecule has 9 heteroatoms. The number of cyclic esters (lactones) is 1. The quantitative estimate of drug-likeness (QED) is 0.272. The third-order valence-corrected chi connectivity index (χ3v) is 7.75. The lowest BCUT2D eigenvalue weighted by atomic mass is 9.86. The van der Waals surface area contributed by atoms with Crippen LogP contribution in [0.15, 0.2) is 35.1 Å². The van der Waals surface area contributed by atoms with E-state index in [9.17, 15) is 19.5 Å². The Morgan fingerprint density at radius 3 is 2.74 bits per heavy atom. The van der Waals surface area contributed by atoms with E-state index in [0.717, 1.165) is 10.9 Å². The van der Waals surface area contributed by atoms with E-state index in [0.29, 0.717) is 35.2 Å². The Morgan fingerprint density at radius 2 is 2.03 bits per heavy atom. The smallest absolute Gasteiger partial charge is 0.343 e. The van der Waals surface area contributed by atoms with Crippen LogP contribution in [0.1, 0.15) is 30.0 Å². The maximum atomic E-state index is 13.3. The van der Waals surface area contributed by atoms with Gasteiger partial charge < -0.3 is 19.1 Å². The summed E-state index contributed by atoms with van der Waals surface area (Å²) in [6, 6.07) is 9.41. The molecule has 0 radical (unpaired) electrons. The molecule has 2 aromatic heterocycles. The van der Waals surface area contributed by atoms with E-state index >= 15 is 0 Å². The molecule has 3 aromatic rings. The van der Waals surface area contributed by atoms with Crippen molar-refractivity contribution in [1.29, 1.82) is 0 Å². The number of carbonyl (C=O) groups is 2. The molecule has 1 aromatic carbocycles. The van der Waals surface area contributed by atoms with Gasteiger partial charge in [-0.3, -0.25) is 9.59 Å². The number of carbonyl (C=O) groups excluding carboxylic acids is 2. The van der Waals surface area contributed by atoms with Crippen molar-refractivity contribution in [3.05, 3.63) is 57.4 Å². The van der Waals surface area contributed by atoms with E-state index in [-0.39, 0.29) is 35.7 Å². The first-order valence-corrected chi connectivity index (χ1v) is 15.0. The second kappa shape index (κ2) is 7.61. The molecular weight excluding hydrogens is 452 g/mol. The van der Waals surface area contributed by atoms with Gasteiger partial charge in [-0.05, 0) is 24.6 Å². The van der Waals surface area contributed by atoms with Crippen LogP contribution in [-0.2, 0) is 33.1 Å². The molecule has 0 aliphatic carbocycles. The molecule has 2 aliphatic rings. The van der Waals surface area contributed by atoms with Crippen LogP contribution in [0.4, 0.5) is 0 Å². The van der Waals surface area contributed by atoms with Gasteiger partial charge in [0.15, 0.2) is 11.4 Å². The molecule has 1 N–H and O–H groups in total. The predicted octanol–water partition coefficient (Wildman–Crippen LogP) is 3.32. The largest absolute Gasteiger partial charge is 0.458 e. The number of hydrogen-bond donors (Lipinski definition) is 1. The number of esters is 2. The molecule has 4 heterocycles. The zero-order valence-corrected chi connectivity index (χ0v) is 20.6. The van der Waals surface area contributed by atoms with E-state index in [4.69, 9.17) is 14.5 Å². The molecule has 1 atom stereocenters. The summed E-state index contributed by atoms with van der Waals surface area (Å²) in [7, 11) is -1.64. The standard InChI is InChI=1S/C25H26N2O6Si/c1-5-25(31)17-10-18-21-15(11-27(18)23(29)16(17)12-32-24(25)30)9-14-7-6-8-19(22(14)26-21)33-20(28)13-34(2,3)4/h6-10,31H,5,11-13H2,1-4H3/t25-/m0/s1. The van der Waals surface area contributed by atoms with E-state index in [2.05, 4.69) is 19.6 Å². The molecule has 8 nitrogen and oxygen atoms in total. The molecule has 2 aliphatic heterocycles. The maximum Gasteiger partial charge on any atom is 0.343 e. The Kier molecular flexibility index (Phi) is 5.03. The minimum absolute atomic E-state index is 0.0803. The first-order valence-electron chi connectivity index (χ1n) is 11.3.